The van der Waals surface area contributed by atoms with Crippen LogP contribution in [0, 0.1) is 0 Å². The summed E-state index contributed by atoms with van der Waals surface area (Å²) in [7, 11) is 0. The Kier molecular flexibility index (Phi) is 4.66. The van der Waals surface area contributed by atoms with Gasteiger partial charge in [0, 0.05) is 22.5 Å². The molecule has 0 aliphatic heterocycles. The first-order valence-corrected chi connectivity index (χ1v) is 5.08. The average molecular weight is 269 g/mol. The third-order valence-corrected chi connectivity index (χ3v) is 2.37. The zero-order chi connectivity index (χ0) is 11.1. The molecule has 6 heteroatoms. The van der Waals surface area contributed by atoms with Crippen molar-refractivity contribution in [3.8, 4) is 0 Å². The summed E-state index contributed by atoms with van der Waals surface area (Å²) in [5, 5.41) is 5.95. The summed E-state index contributed by atoms with van der Waals surface area (Å²) in [6, 6.07) is 7.13. The van der Waals surface area contributed by atoms with E-state index < -0.39 is 0 Å². The van der Waals surface area contributed by atoms with E-state index in [1.54, 1.807) is 18.2 Å². The van der Waals surface area contributed by atoms with Crippen molar-refractivity contribution in [2.75, 3.05) is 13.1 Å². The Labute approximate surface area is 95.2 Å². The van der Waals surface area contributed by atoms with Crippen molar-refractivity contribution in [3.63, 3.8) is 0 Å². The Morgan fingerprint density at radius 1 is 1.53 bits per heavy atom. The molecule has 1 rings (SSSR count). The van der Waals surface area contributed by atoms with Crippen LogP contribution in [0.5, 0.6) is 0 Å². The van der Waals surface area contributed by atoms with Crippen LogP contribution in [0.15, 0.2) is 33.9 Å². The maximum atomic E-state index is 11.6. The van der Waals surface area contributed by atoms with Gasteiger partial charge < -0.3 is 5.32 Å². The van der Waals surface area contributed by atoms with E-state index in [0.29, 0.717) is 12.1 Å². The van der Waals surface area contributed by atoms with E-state index in [0.717, 1.165) is 4.47 Å². The van der Waals surface area contributed by atoms with Gasteiger partial charge in [-0.3, -0.25) is 4.79 Å². The molecule has 0 spiro atoms. The second-order valence-corrected chi connectivity index (χ2v) is 3.54. The van der Waals surface area contributed by atoms with E-state index in [1.165, 1.54) is 0 Å². The largest absolute Gasteiger partial charge is 0.352 e. The highest BCUT2D eigenvalue weighted by Crippen LogP contribution is 2.15. The average Bonchev–Trinajstić information content (AvgIpc) is 2.25. The summed E-state index contributed by atoms with van der Waals surface area (Å²) < 4.78 is 0.742. The molecule has 1 N–H and O–H groups in total. The zero-order valence-corrected chi connectivity index (χ0v) is 9.44. The van der Waals surface area contributed by atoms with Crippen LogP contribution >= 0.6 is 15.9 Å². The quantitative estimate of drug-likeness (QED) is 0.387. The number of nitrogens with zero attached hydrogens (tertiary/aromatic N) is 3. The van der Waals surface area contributed by atoms with Gasteiger partial charge in [-0.2, -0.15) is 0 Å². The van der Waals surface area contributed by atoms with Crippen molar-refractivity contribution in [1.82, 2.24) is 5.32 Å². The van der Waals surface area contributed by atoms with Crippen molar-refractivity contribution in [2.24, 2.45) is 5.11 Å². The predicted molar refractivity (Wildman–Crippen MR) is 60.5 cm³/mol. The lowest BCUT2D eigenvalue weighted by molar-refractivity contribution is 0.0954. The fourth-order valence-electron chi connectivity index (χ4n) is 1.00. The topological polar surface area (TPSA) is 77.9 Å². The van der Waals surface area contributed by atoms with Gasteiger partial charge in [0.25, 0.3) is 5.91 Å². The molecule has 0 atom stereocenters. The third kappa shape index (κ3) is 3.61. The molecule has 0 aliphatic rings. The standard InChI is InChI=1S/C9H9BrN4O/c10-8-4-2-1-3-7(8)9(15)12-5-6-13-14-11/h1-4H,5-6H2,(H,12,15). The molecule has 78 valence electrons. The van der Waals surface area contributed by atoms with E-state index in [2.05, 4.69) is 31.3 Å². The molecular formula is C9H9BrN4O. The lowest BCUT2D eigenvalue weighted by Gasteiger charge is -2.04. The van der Waals surface area contributed by atoms with Gasteiger partial charge in [-0.1, -0.05) is 17.2 Å². The normalized spacial score (nSPS) is 9.13. The number of rotatable bonds is 4. The molecular weight excluding hydrogens is 260 g/mol. The van der Waals surface area contributed by atoms with Gasteiger partial charge >= 0.3 is 0 Å². The molecule has 0 unspecified atom stereocenters. The number of carbonyl (C=O) groups excluding carboxylic acids is 1. The summed E-state index contributed by atoms with van der Waals surface area (Å²) >= 11 is 3.28. The minimum atomic E-state index is -0.185. The molecule has 1 aromatic rings. The number of carbonyl (C=O) groups is 1. The number of azide groups is 1. The maximum absolute atomic E-state index is 11.6. The Bertz CT molecular complexity index is 401. The Morgan fingerprint density at radius 2 is 2.27 bits per heavy atom. The van der Waals surface area contributed by atoms with Crippen LogP contribution in [0.3, 0.4) is 0 Å². The Balaban J connectivity index is 2.54. The van der Waals surface area contributed by atoms with Crippen LogP contribution in [0.4, 0.5) is 0 Å². The number of hydrogen-bond acceptors (Lipinski definition) is 2. The molecule has 1 aromatic carbocycles. The monoisotopic (exact) mass is 268 g/mol. The van der Waals surface area contributed by atoms with E-state index >= 15 is 0 Å². The highest BCUT2D eigenvalue weighted by molar-refractivity contribution is 9.10. The van der Waals surface area contributed by atoms with Gasteiger partial charge in [0.1, 0.15) is 0 Å². The first-order chi connectivity index (χ1) is 7.25. The van der Waals surface area contributed by atoms with Gasteiger partial charge in [0.15, 0.2) is 0 Å². The lowest BCUT2D eigenvalue weighted by Crippen LogP contribution is -2.26. The van der Waals surface area contributed by atoms with Crippen molar-refractivity contribution in [1.29, 1.82) is 0 Å². The van der Waals surface area contributed by atoms with Crippen LogP contribution in [0.2, 0.25) is 0 Å². The Hall–Kier alpha value is -1.52. The molecule has 15 heavy (non-hydrogen) atoms. The van der Waals surface area contributed by atoms with Crippen LogP contribution in [0.1, 0.15) is 10.4 Å². The molecule has 0 saturated carbocycles. The smallest absolute Gasteiger partial charge is 0.252 e. The summed E-state index contributed by atoms with van der Waals surface area (Å²) in [5.41, 5.74) is 8.60. The molecule has 0 aromatic heterocycles. The molecule has 0 bridgehead atoms. The molecule has 0 fully saturated rings. The molecule has 0 heterocycles. The lowest BCUT2D eigenvalue weighted by atomic mass is 10.2. The summed E-state index contributed by atoms with van der Waals surface area (Å²) in [6.07, 6.45) is 0. The predicted octanol–water partition coefficient (Wildman–Crippen LogP) is 2.49. The van der Waals surface area contributed by atoms with Crippen molar-refractivity contribution < 1.29 is 4.79 Å². The van der Waals surface area contributed by atoms with Crippen molar-refractivity contribution >= 4 is 21.8 Å². The highest BCUT2D eigenvalue weighted by Gasteiger charge is 2.07. The minimum Gasteiger partial charge on any atom is -0.352 e. The van der Waals surface area contributed by atoms with Gasteiger partial charge in [0.05, 0.1) is 5.56 Å². The number of benzene rings is 1. The first kappa shape index (κ1) is 11.6. The minimum absolute atomic E-state index is 0.185. The van der Waals surface area contributed by atoms with E-state index in [1.807, 2.05) is 6.07 Å². The highest BCUT2D eigenvalue weighted by atomic mass is 79.9. The SMILES string of the molecule is [N-]=[N+]=NCCNC(=O)c1ccccc1Br. The number of hydrogen-bond donors (Lipinski definition) is 1. The number of halogens is 1. The molecule has 0 radical (unpaired) electrons. The van der Waals surface area contributed by atoms with Gasteiger partial charge in [0.2, 0.25) is 0 Å². The summed E-state index contributed by atoms with van der Waals surface area (Å²) in [6.45, 7) is 0.594. The van der Waals surface area contributed by atoms with Crippen LogP contribution in [0.25, 0.3) is 10.4 Å². The zero-order valence-electron chi connectivity index (χ0n) is 7.85. The van der Waals surface area contributed by atoms with Gasteiger partial charge in [-0.15, -0.1) is 0 Å². The number of amides is 1. The fraction of sp³-hybridized carbons (Fsp3) is 0.222. The molecule has 0 saturated heterocycles. The second-order valence-electron chi connectivity index (χ2n) is 2.69. The molecule has 5 nitrogen and oxygen atoms in total. The van der Waals surface area contributed by atoms with Crippen molar-refractivity contribution in [3.05, 3.63) is 44.7 Å². The van der Waals surface area contributed by atoms with Crippen LogP contribution < -0.4 is 5.32 Å². The second kappa shape index (κ2) is 6.06. The first-order valence-electron chi connectivity index (χ1n) is 4.29. The van der Waals surface area contributed by atoms with Crippen LogP contribution in [-0.4, -0.2) is 19.0 Å². The molecule has 0 aliphatic carbocycles. The summed E-state index contributed by atoms with van der Waals surface area (Å²) in [5.74, 6) is -0.185. The van der Waals surface area contributed by atoms with E-state index in [9.17, 15) is 4.79 Å². The van der Waals surface area contributed by atoms with Gasteiger partial charge in [-0.25, -0.2) is 0 Å². The van der Waals surface area contributed by atoms with Crippen LogP contribution in [-0.2, 0) is 0 Å². The number of nitrogens with one attached hydrogen (secondary N) is 1. The molecule has 1 amide bonds. The third-order valence-electron chi connectivity index (χ3n) is 1.68. The van der Waals surface area contributed by atoms with E-state index in [-0.39, 0.29) is 12.5 Å². The maximum Gasteiger partial charge on any atom is 0.252 e. The van der Waals surface area contributed by atoms with Gasteiger partial charge in [-0.05, 0) is 33.6 Å². The Morgan fingerprint density at radius 3 is 2.93 bits per heavy atom. The fourth-order valence-corrected chi connectivity index (χ4v) is 1.47. The van der Waals surface area contributed by atoms with Crippen molar-refractivity contribution in [2.45, 2.75) is 0 Å². The summed E-state index contributed by atoms with van der Waals surface area (Å²) in [4.78, 5) is 14.1. The van der Waals surface area contributed by atoms with E-state index in [4.69, 9.17) is 5.53 Å².